The molecular weight excluding hydrogens is 196 g/mol. The van der Waals surface area contributed by atoms with Crippen molar-refractivity contribution >= 4 is 5.69 Å². The average molecular weight is 214 g/mol. The van der Waals surface area contributed by atoms with E-state index >= 15 is 0 Å². The Kier molecular flexibility index (Phi) is 4.93. The molecule has 16 heavy (non-hydrogen) atoms. The Morgan fingerprint density at radius 3 is 2.50 bits per heavy atom. The van der Waals surface area contributed by atoms with E-state index in [-0.39, 0.29) is 0 Å². The normalized spacial score (nSPS) is 12.7. The van der Waals surface area contributed by atoms with Crippen LogP contribution in [0, 0.1) is 0 Å². The highest BCUT2D eigenvalue weighted by atomic mass is 14.5. The first kappa shape index (κ1) is 12.1. The van der Waals surface area contributed by atoms with Crippen LogP contribution in [0.1, 0.15) is 12.5 Å². The maximum absolute atomic E-state index is 5.64. The molecule has 1 aromatic carbocycles. The molecule has 0 aromatic heterocycles. The summed E-state index contributed by atoms with van der Waals surface area (Å²) in [6.45, 7) is 2.00. The summed E-state index contributed by atoms with van der Waals surface area (Å²) in [4.78, 5) is 0. The zero-order valence-corrected chi connectivity index (χ0v) is 9.56. The molecule has 2 heteroatoms. The van der Waals surface area contributed by atoms with Crippen molar-refractivity contribution in [1.82, 2.24) is 0 Å². The van der Waals surface area contributed by atoms with Crippen molar-refractivity contribution in [3.05, 3.63) is 65.9 Å². The van der Waals surface area contributed by atoms with E-state index in [9.17, 15) is 0 Å². The van der Waals surface area contributed by atoms with Crippen LogP contribution in [-0.4, -0.2) is 0 Å². The second-order valence-corrected chi connectivity index (χ2v) is 3.54. The lowest BCUT2D eigenvalue weighted by Gasteiger charge is -2.02. The van der Waals surface area contributed by atoms with Crippen LogP contribution in [0.3, 0.4) is 0 Å². The molecule has 0 fully saturated rings. The van der Waals surface area contributed by atoms with Crippen LogP contribution < -0.4 is 11.5 Å². The maximum atomic E-state index is 5.64. The molecule has 4 N–H and O–H groups in total. The zero-order chi connectivity index (χ0) is 11.8. The number of rotatable bonds is 4. The molecule has 0 aliphatic rings. The first-order chi connectivity index (χ1) is 7.76. The summed E-state index contributed by atoms with van der Waals surface area (Å²) in [6.07, 6.45) is 10.4. The van der Waals surface area contributed by atoms with Gasteiger partial charge in [0.2, 0.25) is 0 Å². The fraction of sp³-hybridized carbons (Fsp3) is 0.143. The van der Waals surface area contributed by atoms with E-state index in [1.807, 2.05) is 49.4 Å². The molecule has 0 aliphatic heterocycles. The summed E-state index contributed by atoms with van der Waals surface area (Å²) in [7, 11) is 0. The first-order valence-corrected chi connectivity index (χ1v) is 5.31. The van der Waals surface area contributed by atoms with Crippen LogP contribution in [0.15, 0.2) is 60.3 Å². The molecule has 0 atom stereocenters. The van der Waals surface area contributed by atoms with Crippen molar-refractivity contribution in [2.24, 2.45) is 5.73 Å². The van der Waals surface area contributed by atoms with E-state index in [1.165, 1.54) is 17.3 Å². The molecule has 0 bridgehead atoms. The molecule has 2 nitrogen and oxygen atoms in total. The van der Waals surface area contributed by atoms with E-state index in [0.717, 1.165) is 12.1 Å². The lowest BCUT2D eigenvalue weighted by atomic mass is 10.0. The minimum atomic E-state index is 0.794. The molecule has 0 aliphatic carbocycles. The fourth-order valence-corrected chi connectivity index (χ4v) is 1.44. The lowest BCUT2D eigenvalue weighted by molar-refractivity contribution is 1.19. The molecule has 0 amide bonds. The number of nitrogens with two attached hydrogens (primary N) is 2. The third kappa shape index (κ3) is 4.05. The molecule has 0 saturated carbocycles. The summed E-state index contributed by atoms with van der Waals surface area (Å²) >= 11 is 0. The van der Waals surface area contributed by atoms with Gasteiger partial charge in [-0.05, 0) is 48.9 Å². The van der Waals surface area contributed by atoms with Crippen molar-refractivity contribution in [3.8, 4) is 0 Å². The van der Waals surface area contributed by atoms with Crippen LogP contribution in [0.25, 0.3) is 0 Å². The van der Waals surface area contributed by atoms with Crippen molar-refractivity contribution in [1.29, 1.82) is 0 Å². The Balaban J connectivity index is 2.79. The lowest BCUT2D eigenvalue weighted by Crippen LogP contribution is -1.90. The predicted octanol–water partition coefficient (Wildman–Crippen LogP) is 2.79. The van der Waals surface area contributed by atoms with E-state index in [0.29, 0.717) is 0 Å². The quantitative estimate of drug-likeness (QED) is 0.598. The largest absolute Gasteiger partial charge is 0.405 e. The number of nitrogen functional groups attached to an aromatic ring is 1. The van der Waals surface area contributed by atoms with E-state index in [2.05, 4.69) is 6.08 Å². The molecule has 84 valence electrons. The van der Waals surface area contributed by atoms with Crippen LogP contribution in [0.5, 0.6) is 0 Å². The van der Waals surface area contributed by atoms with Crippen molar-refractivity contribution in [3.63, 3.8) is 0 Å². The minimum absolute atomic E-state index is 0.794. The molecule has 1 rings (SSSR count). The molecule has 1 aromatic rings. The Morgan fingerprint density at radius 2 is 1.94 bits per heavy atom. The highest BCUT2D eigenvalue weighted by molar-refractivity contribution is 5.41. The standard InChI is InChI=1S/C14H18N2/c1-2-4-12(5-3-10-15)11-13-6-8-14(16)9-7-13/h2-10H,11,15-16H2,1H3/b4-2-,10-3+,12-5+. The predicted molar refractivity (Wildman–Crippen MR) is 70.8 cm³/mol. The topological polar surface area (TPSA) is 52.0 Å². The summed E-state index contributed by atoms with van der Waals surface area (Å²) in [5.74, 6) is 0. The number of anilines is 1. The average Bonchev–Trinajstić information content (AvgIpc) is 2.29. The Labute approximate surface area is 97.0 Å². The molecular formula is C14H18N2. The summed E-state index contributed by atoms with van der Waals surface area (Å²) in [5, 5.41) is 0. The number of hydrogen-bond donors (Lipinski definition) is 2. The van der Waals surface area contributed by atoms with Gasteiger partial charge in [0.25, 0.3) is 0 Å². The summed E-state index contributed by atoms with van der Waals surface area (Å²) in [6, 6.07) is 7.92. The molecule has 0 unspecified atom stereocenters. The van der Waals surface area contributed by atoms with Crippen LogP contribution in [0.2, 0.25) is 0 Å². The number of benzene rings is 1. The van der Waals surface area contributed by atoms with Gasteiger partial charge < -0.3 is 11.5 Å². The third-order valence-electron chi connectivity index (χ3n) is 2.19. The highest BCUT2D eigenvalue weighted by Crippen LogP contribution is 2.12. The van der Waals surface area contributed by atoms with Crippen LogP contribution >= 0.6 is 0 Å². The van der Waals surface area contributed by atoms with E-state index in [1.54, 1.807) is 0 Å². The first-order valence-electron chi connectivity index (χ1n) is 5.31. The number of hydrogen-bond acceptors (Lipinski definition) is 2. The van der Waals surface area contributed by atoms with Gasteiger partial charge in [-0.3, -0.25) is 0 Å². The molecule has 0 saturated heterocycles. The van der Waals surface area contributed by atoms with Gasteiger partial charge in [0.15, 0.2) is 0 Å². The second-order valence-electron chi connectivity index (χ2n) is 3.54. The van der Waals surface area contributed by atoms with Crippen molar-refractivity contribution in [2.45, 2.75) is 13.3 Å². The number of allylic oxidation sites excluding steroid dienone is 5. The van der Waals surface area contributed by atoms with Gasteiger partial charge in [0.05, 0.1) is 0 Å². The minimum Gasteiger partial charge on any atom is -0.405 e. The maximum Gasteiger partial charge on any atom is 0.0314 e. The SMILES string of the molecule is C\C=C/C(=C\C=C\N)Cc1ccc(N)cc1. The van der Waals surface area contributed by atoms with Crippen LogP contribution in [0.4, 0.5) is 5.69 Å². The van der Waals surface area contributed by atoms with Crippen LogP contribution in [-0.2, 0) is 6.42 Å². The van der Waals surface area contributed by atoms with E-state index in [4.69, 9.17) is 11.5 Å². The van der Waals surface area contributed by atoms with Crippen molar-refractivity contribution < 1.29 is 0 Å². The van der Waals surface area contributed by atoms with Gasteiger partial charge in [0, 0.05) is 5.69 Å². The monoisotopic (exact) mass is 214 g/mol. The zero-order valence-electron chi connectivity index (χ0n) is 9.56. The fourth-order valence-electron chi connectivity index (χ4n) is 1.44. The molecule has 0 spiro atoms. The van der Waals surface area contributed by atoms with Gasteiger partial charge in [-0.1, -0.05) is 30.4 Å². The Hall–Kier alpha value is -1.96. The molecule has 0 heterocycles. The van der Waals surface area contributed by atoms with E-state index < -0.39 is 0 Å². The third-order valence-corrected chi connectivity index (χ3v) is 2.19. The van der Waals surface area contributed by atoms with Gasteiger partial charge >= 0.3 is 0 Å². The smallest absolute Gasteiger partial charge is 0.0314 e. The Morgan fingerprint density at radius 1 is 1.25 bits per heavy atom. The van der Waals surface area contributed by atoms with Gasteiger partial charge in [0.1, 0.15) is 0 Å². The summed E-state index contributed by atoms with van der Waals surface area (Å²) in [5.41, 5.74) is 14.2. The van der Waals surface area contributed by atoms with Gasteiger partial charge in [-0.25, -0.2) is 0 Å². The Bertz CT molecular complexity index is 397. The van der Waals surface area contributed by atoms with Gasteiger partial charge in [-0.15, -0.1) is 0 Å². The highest BCUT2D eigenvalue weighted by Gasteiger charge is 1.95. The van der Waals surface area contributed by atoms with Crippen molar-refractivity contribution in [2.75, 3.05) is 5.73 Å². The summed E-state index contributed by atoms with van der Waals surface area (Å²) < 4.78 is 0. The van der Waals surface area contributed by atoms with Gasteiger partial charge in [-0.2, -0.15) is 0 Å². The molecule has 0 radical (unpaired) electrons. The second kappa shape index (κ2) is 6.51.